The van der Waals surface area contributed by atoms with Crippen LogP contribution in [0.2, 0.25) is 0 Å². The maximum absolute atomic E-state index is 6.59. The average Bonchev–Trinajstić information content (AvgIpc) is 2.53. The summed E-state index contributed by atoms with van der Waals surface area (Å²) < 4.78 is 0. The van der Waals surface area contributed by atoms with Crippen molar-refractivity contribution >= 4 is 0 Å². The van der Waals surface area contributed by atoms with Gasteiger partial charge in [0.25, 0.3) is 0 Å². The molecule has 3 nitrogen and oxygen atoms in total. The van der Waals surface area contributed by atoms with Gasteiger partial charge in [-0.25, -0.2) is 0 Å². The number of nitrogens with zero attached hydrogens (tertiary/aromatic N) is 2. The molecule has 0 amide bonds. The molecule has 0 bridgehead atoms. The van der Waals surface area contributed by atoms with Crippen LogP contribution in [0.25, 0.3) is 0 Å². The van der Waals surface area contributed by atoms with Gasteiger partial charge in [0, 0.05) is 18.6 Å². The fourth-order valence-electron chi connectivity index (χ4n) is 3.02. The van der Waals surface area contributed by atoms with Gasteiger partial charge in [0.05, 0.1) is 0 Å². The molecule has 1 heterocycles. The topological polar surface area (TPSA) is 32.5 Å². The standard InChI is InChI=1S/C16H27N3/c1-12-6-7-13(2)14(10-12)16(17)15-11-18(3)8-5-9-19(15)4/h6-7,10,15-16H,5,8-9,11,17H2,1-4H3. The molecule has 2 atom stereocenters. The molecule has 0 radical (unpaired) electrons. The highest BCUT2D eigenvalue weighted by Crippen LogP contribution is 2.24. The number of hydrogen-bond acceptors (Lipinski definition) is 3. The first-order chi connectivity index (χ1) is 8.99. The van der Waals surface area contributed by atoms with Crippen molar-refractivity contribution < 1.29 is 0 Å². The lowest BCUT2D eigenvalue weighted by molar-refractivity contribution is 0.196. The van der Waals surface area contributed by atoms with Crippen LogP contribution in [0.5, 0.6) is 0 Å². The third kappa shape index (κ3) is 3.35. The molecule has 0 aromatic heterocycles. The molecule has 2 rings (SSSR count). The van der Waals surface area contributed by atoms with Crippen LogP contribution in [0.1, 0.15) is 29.2 Å². The Kier molecular flexibility index (Phi) is 4.61. The molecule has 1 aliphatic rings. The molecule has 1 saturated heterocycles. The smallest absolute Gasteiger partial charge is 0.0468 e. The minimum absolute atomic E-state index is 0.0884. The maximum atomic E-state index is 6.59. The lowest BCUT2D eigenvalue weighted by atomic mass is 9.93. The van der Waals surface area contributed by atoms with E-state index in [1.807, 2.05) is 0 Å². The Morgan fingerprint density at radius 2 is 1.95 bits per heavy atom. The first-order valence-corrected chi connectivity index (χ1v) is 7.20. The molecule has 0 aliphatic carbocycles. The normalized spacial score (nSPS) is 24.2. The predicted molar refractivity (Wildman–Crippen MR) is 81.4 cm³/mol. The summed E-state index contributed by atoms with van der Waals surface area (Å²) in [5, 5.41) is 0. The van der Waals surface area contributed by atoms with Crippen LogP contribution in [0, 0.1) is 13.8 Å². The second-order valence-electron chi connectivity index (χ2n) is 6.05. The van der Waals surface area contributed by atoms with Crippen molar-refractivity contribution in [3.63, 3.8) is 0 Å². The number of benzene rings is 1. The molecule has 1 aliphatic heterocycles. The molecule has 0 saturated carbocycles. The van der Waals surface area contributed by atoms with Crippen molar-refractivity contribution in [1.29, 1.82) is 0 Å². The van der Waals surface area contributed by atoms with Gasteiger partial charge in [-0.1, -0.05) is 23.8 Å². The van der Waals surface area contributed by atoms with Gasteiger partial charge in [-0.15, -0.1) is 0 Å². The molecular weight excluding hydrogens is 234 g/mol. The summed E-state index contributed by atoms with van der Waals surface area (Å²) in [5.41, 5.74) is 10.5. The van der Waals surface area contributed by atoms with Gasteiger partial charge >= 0.3 is 0 Å². The molecule has 106 valence electrons. The van der Waals surface area contributed by atoms with E-state index in [9.17, 15) is 0 Å². The molecule has 3 heteroatoms. The summed E-state index contributed by atoms with van der Waals surface area (Å²) >= 11 is 0. The van der Waals surface area contributed by atoms with E-state index in [2.05, 4.69) is 55.9 Å². The van der Waals surface area contributed by atoms with Gasteiger partial charge in [-0.2, -0.15) is 0 Å². The predicted octanol–water partition coefficient (Wildman–Crippen LogP) is 1.94. The van der Waals surface area contributed by atoms with E-state index in [-0.39, 0.29) is 6.04 Å². The van der Waals surface area contributed by atoms with Crippen LogP contribution in [-0.4, -0.2) is 49.6 Å². The lowest BCUT2D eigenvalue weighted by Gasteiger charge is -2.33. The van der Waals surface area contributed by atoms with Crippen LogP contribution >= 0.6 is 0 Å². The van der Waals surface area contributed by atoms with E-state index >= 15 is 0 Å². The zero-order valence-electron chi connectivity index (χ0n) is 12.7. The van der Waals surface area contributed by atoms with Gasteiger partial charge < -0.3 is 15.5 Å². The Morgan fingerprint density at radius 3 is 2.68 bits per heavy atom. The Morgan fingerprint density at radius 1 is 1.21 bits per heavy atom. The minimum atomic E-state index is 0.0884. The van der Waals surface area contributed by atoms with E-state index in [0.29, 0.717) is 6.04 Å². The van der Waals surface area contributed by atoms with Crippen molar-refractivity contribution in [2.75, 3.05) is 33.7 Å². The summed E-state index contributed by atoms with van der Waals surface area (Å²) in [7, 11) is 4.40. The van der Waals surface area contributed by atoms with Gasteiger partial charge in [0.2, 0.25) is 0 Å². The Bertz CT molecular complexity index is 430. The van der Waals surface area contributed by atoms with Crippen molar-refractivity contribution in [2.45, 2.75) is 32.4 Å². The minimum Gasteiger partial charge on any atom is -0.323 e. The maximum Gasteiger partial charge on any atom is 0.0468 e. The van der Waals surface area contributed by atoms with E-state index in [1.54, 1.807) is 0 Å². The Balaban J connectivity index is 2.25. The molecule has 1 fully saturated rings. The SMILES string of the molecule is Cc1ccc(C)c(C(N)C2CN(C)CCCN2C)c1. The molecule has 0 spiro atoms. The van der Waals surface area contributed by atoms with Crippen LogP contribution in [0.3, 0.4) is 0 Å². The van der Waals surface area contributed by atoms with Crippen molar-refractivity contribution in [3.05, 3.63) is 34.9 Å². The van der Waals surface area contributed by atoms with Crippen molar-refractivity contribution in [3.8, 4) is 0 Å². The zero-order valence-corrected chi connectivity index (χ0v) is 12.7. The van der Waals surface area contributed by atoms with Gasteiger partial charge in [0.15, 0.2) is 0 Å². The summed E-state index contributed by atoms with van der Waals surface area (Å²) in [6.07, 6.45) is 1.23. The number of nitrogens with two attached hydrogens (primary N) is 1. The molecular formula is C16H27N3. The van der Waals surface area contributed by atoms with Crippen molar-refractivity contribution in [1.82, 2.24) is 9.80 Å². The second kappa shape index (κ2) is 6.04. The fourth-order valence-corrected chi connectivity index (χ4v) is 3.02. The van der Waals surface area contributed by atoms with Crippen LogP contribution in [-0.2, 0) is 0 Å². The molecule has 19 heavy (non-hydrogen) atoms. The highest BCUT2D eigenvalue weighted by molar-refractivity contribution is 5.33. The van der Waals surface area contributed by atoms with Crippen molar-refractivity contribution in [2.24, 2.45) is 5.73 Å². The Labute approximate surface area is 117 Å². The van der Waals surface area contributed by atoms with Gasteiger partial charge in [-0.3, -0.25) is 0 Å². The van der Waals surface area contributed by atoms with E-state index in [4.69, 9.17) is 5.73 Å². The van der Waals surface area contributed by atoms with E-state index in [1.165, 1.54) is 29.7 Å². The summed E-state index contributed by atoms with van der Waals surface area (Å²) in [4.78, 5) is 4.83. The molecule has 1 aromatic carbocycles. The summed E-state index contributed by atoms with van der Waals surface area (Å²) in [6, 6.07) is 7.08. The number of hydrogen-bond donors (Lipinski definition) is 1. The largest absolute Gasteiger partial charge is 0.323 e. The van der Waals surface area contributed by atoms with Crippen LogP contribution in [0.4, 0.5) is 0 Å². The monoisotopic (exact) mass is 261 g/mol. The summed E-state index contributed by atoms with van der Waals surface area (Å²) in [6.45, 7) is 7.65. The first kappa shape index (κ1) is 14.5. The third-order valence-corrected chi connectivity index (χ3v) is 4.32. The first-order valence-electron chi connectivity index (χ1n) is 7.20. The number of likely N-dealkylation sites (N-methyl/N-ethyl adjacent to an activating group) is 2. The second-order valence-corrected chi connectivity index (χ2v) is 6.05. The quantitative estimate of drug-likeness (QED) is 0.883. The molecule has 1 aromatic rings. The Hall–Kier alpha value is -0.900. The third-order valence-electron chi connectivity index (χ3n) is 4.32. The van der Waals surface area contributed by atoms with Crippen LogP contribution in [0.15, 0.2) is 18.2 Å². The lowest BCUT2D eigenvalue weighted by Crippen LogP contribution is -2.45. The van der Waals surface area contributed by atoms with Crippen LogP contribution < -0.4 is 5.73 Å². The van der Waals surface area contributed by atoms with E-state index in [0.717, 1.165) is 13.1 Å². The van der Waals surface area contributed by atoms with E-state index < -0.39 is 0 Å². The zero-order chi connectivity index (χ0) is 14.0. The molecule has 2 N–H and O–H groups in total. The number of rotatable bonds is 2. The van der Waals surface area contributed by atoms with Gasteiger partial charge in [0.1, 0.15) is 0 Å². The average molecular weight is 261 g/mol. The van der Waals surface area contributed by atoms with Gasteiger partial charge in [-0.05, 0) is 58.6 Å². The highest BCUT2D eigenvalue weighted by atomic mass is 15.2. The fraction of sp³-hybridized carbons (Fsp3) is 0.625. The highest BCUT2D eigenvalue weighted by Gasteiger charge is 2.27. The number of aryl methyl sites for hydroxylation is 2. The summed E-state index contributed by atoms with van der Waals surface area (Å²) in [5.74, 6) is 0. The molecule has 2 unspecified atom stereocenters.